The molecule has 0 radical (unpaired) electrons. The van der Waals surface area contributed by atoms with E-state index in [9.17, 15) is 8.42 Å². The first-order valence-electron chi connectivity index (χ1n) is 8.10. The number of thiazole rings is 1. The number of aromatic nitrogens is 1. The summed E-state index contributed by atoms with van der Waals surface area (Å²) in [5.74, 6) is 0. The Morgan fingerprint density at radius 1 is 1.27 bits per heavy atom. The minimum absolute atomic E-state index is 0. The Balaban J connectivity index is 0.00000169. The van der Waals surface area contributed by atoms with Gasteiger partial charge in [-0.3, -0.25) is 4.90 Å². The third-order valence-corrected chi connectivity index (χ3v) is 6.45. The first-order chi connectivity index (χ1) is 11.5. The fraction of sp³-hybridized carbons (Fsp3) is 0.471. The van der Waals surface area contributed by atoms with Gasteiger partial charge in [0.05, 0.1) is 10.6 Å². The summed E-state index contributed by atoms with van der Waals surface area (Å²) >= 11 is 1.61. The second kappa shape index (κ2) is 10.0. The molecule has 1 aliphatic heterocycles. The predicted molar refractivity (Wildman–Crippen MR) is 113 cm³/mol. The van der Waals surface area contributed by atoms with Gasteiger partial charge in [0.15, 0.2) is 9.84 Å². The second-order valence-electron chi connectivity index (χ2n) is 6.30. The van der Waals surface area contributed by atoms with Gasteiger partial charge in [-0.1, -0.05) is 12.1 Å². The summed E-state index contributed by atoms with van der Waals surface area (Å²) in [6, 6.07) is 7.52. The molecule has 0 aliphatic carbocycles. The minimum Gasteiger partial charge on any atom is -0.316 e. The van der Waals surface area contributed by atoms with Crippen molar-refractivity contribution in [3.63, 3.8) is 0 Å². The van der Waals surface area contributed by atoms with Gasteiger partial charge >= 0.3 is 0 Å². The van der Waals surface area contributed by atoms with Crippen molar-refractivity contribution < 1.29 is 8.42 Å². The fourth-order valence-electron chi connectivity index (χ4n) is 3.02. The lowest BCUT2D eigenvalue weighted by molar-refractivity contribution is 0.186. The summed E-state index contributed by atoms with van der Waals surface area (Å²) in [6.45, 7) is 3.05. The molecule has 9 heteroatoms. The van der Waals surface area contributed by atoms with E-state index in [0.717, 1.165) is 35.9 Å². The van der Waals surface area contributed by atoms with Crippen molar-refractivity contribution >= 4 is 46.0 Å². The molecule has 1 atom stereocenters. The van der Waals surface area contributed by atoms with Gasteiger partial charge in [-0.15, -0.1) is 36.2 Å². The summed E-state index contributed by atoms with van der Waals surface area (Å²) < 4.78 is 23.1. The van der Waals surface area contributed by atoms with Crippen molar-refractivity contribution in [3.8, 4) is 10.6 Å². The van der Waals surface area contributed by atoms with E-state index in [4.69, 9.17) is 4.98 Å². The first kappa shape index (κ1) is 23.3. The maximum Gasteiger partial charge on any atom is 0.175 e. The van der Waals surface area contributed by atoms with Crippen LogP contribution in [0.5, 0.6) is 0 Å². The molecule has 0 amide bonds. The lowest BCUT2D eigenvalue weighted by Gasteiger charge is -2.31. The van der Waals surface area contributed by atoms with Gasteiger partial charge in [0.25, 0.3) is 0 Å². The summed E-state index contributed by atoms with van der Waals surface area (Å²) in [7, 11) is -1.13. The molecule has 3 rings (SSSR count). The van der Waals surface area contributed by atoms with Crippen LogP contribution in [0.15, 0.2) is 34.5 Å². The van der Waals surface area contributed by atoms with Crippen LogP contribution in [0.1, 0.15) is 18.5 Å². The fourth-order valence-corrected chi connectivity index (χ4v) is 4.47. The van der Waals surface area contributed by atoms with E-state index in [1.807, 2.05) is 19.2 Å². The van der Waals surface area contributed by atoms with E-state index in [1.54, 1.807) is 23.5 Å². The molecule has 2 heterocycles. The second-order valence-corrected chi connectivity index (χ2v) is 9.18. The zero-order chi connectivity index (χ0) is 17.2. The van der Waals surface area contributed by atoms with Gasteiger partial charge in [0.1, 0.15) is 5.01 Å². The molecule has 1 aromatic carbocycles. The van der Waals surface area contributed by atoms with Crippen LogP contribution in [0.3, 0.4) is 0 Å². The average Bonchev–Trinajstić information content (AvgIpc) is 3.03. The van der Waals surface area contributed by atoms with Gasteiger partial charge < -0.3 is 5.32 Å². The SMILES string of the molecule is CNC1CCCN(Cc2csc(-c3ccc(S(C)(=O)=O)cc3)n2)C1.Cl.Cl. The van der Waals surface area contributed by atoms with Gasteiger partial charge in [-0.2, -0.15) is 0 Å². The smallest absolute Gasteiger partial charge is 0.175 e. The third-order valence-electron chi connectivity index (χ3n) is 4.38. The normalized spacial score (nSPS) is 18.0. The van der Waals surface area contributed by atoms with Crippen LogP contribution in [0.4, 0.5) is 0 Å². The number of likely N-dealkylation sites (N-methyl/N-ethyl adjacent to an activating group) is 1. The standard InChI is InChI=1S/C17H23N3O2S2.2ClH/c1-18-14-4-3-9-20(10-14)11-15-12-23-17(19-15)13-5-7-16(8-6-13)24(2,21)22;;/h5-8,12,14,18H,3-4,9-11H2,1-2H3;2*1H. The van der Waals surface area contributed by atoms with Gasteiger partial charge in [0, 0.05) is 36.3 Å². The number of sulfone groups is 1. The summed E-state index contributed by atoms with van der Waals surface area (Å²) in [5, 5.41) is 6.40. The molecule has 1 aromatic heterocycles. The maximum absolute atomic E-state index is 11.5. The van der Waals surface area contributed by atoms with Crippen LogP contribution in [0, 0.1) is 0 Å². The highest BCUT2D eigenvalue weighted by atomic mass is 35.5. The molecule has 0 saturated carbocycles. The molecule has 1 saturated heterocycles. The molecule has 2 aromatic rings. The lowest BCUT2D eigenvalue weighted by atomic mass is 10.1. The number of likely N-dealkylation sites (tertiary alicyclic amines) is 1. The predicted octanol–water partition coefficient (Wildman–Crippen LogP) is 3.24. The van der Waals surface area contributed by atoms with E-state index in [2.05, 4.69) is 15.6 Å². The zero-order valence-electron chi connectivity index (χ0n) is 14.8. The molecule has 0 bridgehead atoms. The highest BCUT2D eigenvalue weighted by Gasteiger charge is 2.19. The van der Waals surface area contributed by atoms with Crippen molar-refractivity contribution in [2.75, 3.05) is 26.4 Å². The van der Waals surface area contributed by atoms with Crippen LogP contribution in [-0.4, -0.2) is 50.7 Å². The van der Waals surface area contributed by atoms with E-state index >= 15 is 0 Å². The summed E-state index contributed by atoms with van der Waals surface area (Å²) in [5.41, 5.74) is 2.05. The van der Waals surface area contributed by atoms with Crippen molar-refractivity contribution in [2.24, 2.45) is 0 Å². The van der Waals surface area contributed by atoms with Crippen molar-refractivity contribution in [1.29, 1.82) is 0 Å². The lowest BCUT2D eigenvalue weighted by Crippen LogP contribution is -2.43. The molecular formula is C17H25Cl2N3O2S2. The Kier molecular flexibility index (Phi) is 8.99. The van der Waals surface area contributed by atoms with Crippen LogP contribution < -0.4 is 5.32 Å². The molecule has 5 nitrogen and oxygen atoms in total. The zero-order valence-corrected chi connectivity index (χ0v) is 18.1. The van der Waals surface area contributed by atoms with Crippen LogP contribution in [0.25, 0.3) is 10.6 Å². The number of benzene rings is 1. The number of hydrogen-bond donors (Lipinski definition) is 1. The molecule has 1 aliphatic rings. The number of nitrogens with zero attached hydrogens (tertiary/aromatic N) is 2. The minimum atomic E-state index is -3.15. The number of piperidine rings is 1. The van der Waals surface area contributed by atoms with Gasteiger partial charge in [0.2, 0.25) is 0 Å². The van der Waals surface area contributed by atoms with E-state index in [1.165, 1.54) is 19.1 Å². The molecule has 0 spiro atoms. The first-order valence-corrected chi connectivity index (χ1v) is 10.9. The average molecular weight is 438 g/mol. The Morgan fingerprint density at radius 2 is 1.96 bits per heavy atom. The molecule has 146 valence electrons. The maximum atomic E-state index is 11.5. The van der Waals surface area contributed by atoms with E-state index in [0.29, 0.717) is 10.9 Å². The largest absolute Gasteiger partial charge is 0.316 e. The van der Waals surface area contributed by atoms with Crippen LogP contribution in [-0.2, 0) is 16.4 Å². The molecule has 1 fully saturated rings. The Morgan fingerprint density at radius 3 is 2.58 bits per heavy atom. The highest BCUT2D eigenvalue weighted by molar-refractivity contribution is 7.90. The number of halogens is 2. The topological polar surface area (TPSA) is 62.3 Å². The van der Waals surface area contributed by atoms with Gasteiger partial charge in [-0.05, 0) is 38.6 Å². The Labute approximate surface area is 172 Å². The van der Waals surface area contributed by atoms with Crippen molar-refractivity contribution in [1.82, 2.24) is 15.2 Å². The van der Waals surface area contributed by atoms with Gasteiger partial charge in [-0.25, -0.2) is 13.4 Å². The Hall–Kier alpha value is -0.700. The molecule has 1 unspecified atom stereocenters. The molecule has 26 heavy (non-hydrogen) atoms. The van der Waals surface area contributed by atoms with E-state index < -0.39 is 9.84 Å². The third kappa shape index (κ3) is 5.90. The number of nitrogens with one attached hydrogen (secondary N) is 1. The van der Waals surface area contributed by atoms with Crippen LogP contribution in [0.2, 0.25) is 0 Å². The van der Waals surface area contributed by atoms with Crippen LogP contribution >= 0.6 is 36.2 Å². The van der Waals surface area contributed by atoms with Crippen molar-refractivity contribution in [2.45, 2.75) is 30.3 Å². The Bertz CT molecular complexity index is 795. The monoisotopic (exact) mass is 437 g/mol. The van der Waals surface area contributed by atoms with E-state index in [-0.39, 0.29) is 24.8 Å². The quantitative estimate of drug-likeness (QED) is 0.777. The highest BCUT2D eigenvalue weighted by Crippen LogP contribution is 2.26. The molecule has 1 N–H and O–H groups in total. The number of hydrogen-bond acceptors (Lipinski definition) is 6. The molecular weight excluding hydrogens is 413 g/mol. The summed E-state index contributed by atoms with van der Waals surface area (Å²) in [4.78, 5) is 7.51. The summed E-state index contributed by atoms with van der Waals surface area (Å²) in [6.07, 6.45) is 3.68. The van der Waals surface area contributed by atoms with Crippen molar-refractivity contribution in [3.05, 3.63) is 35.3 Å². The number of rotatable bonds is 5.